The van der Waals surface area contributed by atoms with Crippen LogP contribution in [-0.2, 0) is 6.54 Å². The molecule has 0 aliphatic carbocycles. The molecule has 0 atom stereocenters. The maximum absolute atomic E-state index is 12.4. The molecule has 2 aromatic rings. The number of carbonyl (C=O) groups excluding carboxylic acids is 2. The monoisotopic (exact) mass is 402 g/mol. The second-order valence-electron chi connectivity index (χ2n) is 6.76. The summed E-state index contributed by atoms with van der Waals surface area (Å²) in [7, 11) is 0. The van der Waals surface area contributed by atoms with Crippen LogP contribution in [-0.4, -0.2) is 29.9 Å². The summed E-state index contributed by atoms with van der Waals surface area (Å²) in [5.74, 6) is -0.181. The van der Waals surface area contributed by atoms with Crippen LogP contribution in [0.25, 0.3) is 0 Å². The van der Waals surface area contributed by atoms with Gasteiger partial charge in [-0.05, 0) is 54.8 Å². The molecule has 0 saturated carbocycles. The highest BCUT2D eigenvalue weighted by Gasteiger charge is 2.15. The molecule has 0 radical (unpaired) electrons. The number of carbonyl (C=O) groups is 2. The molecule has 2 aromatic carbocycles. The summed E-state index contributed by atoms with van der Waals surface area (Å²) in [6, 6.07) is 14.3. The third kappa shape index (κ3) is 5.97. The highest BCUT2D eigenvalue weighted by atomic mass is 35.5. The minimum absolute atomic E-state index is 0. The highest BCUT2D eigenvalue weighted by Crippen LogP contribution is 2.17. The predicted molar refractivity (Wildman–Crippen MR) is 115 cm³/mol. The van der Waals surface area contributed by atoms with Gasteiger partial charge >= 0.3 is 6.03 Å². The number of benzene rings is 2. The molecular weight excluding hydrogens is 376 g/mol. The molecule has 1 aliphatic heterocycles. The maximum atomic E-state index is 12.4. The van der Waals surface area contributed by atoms with Crippen LogP contribution in [0.1, 0.15) is 41.6 Å². The molecule has 3 rings (SSSR count). The van der Waals surface area contributed by atoms with Crippen molar-refractivity contribution in [2.75, 3.05) is 23.7 Å². The Morgan fingerprint density at radius 2 is 1.36 bits per heavy atom. The molecule has 0 bridgehead atoms. The van der Waals surface area contributed by atoms with E-state index in [0.717, 1.165) is 37.2 Å². The zero-order valence-corrected chi connectivity index (χ0v) is 16.6. The smallest absolute Gasteiger partial charge is 0.321 e. The first-order chi connectivity index (χ1) is 13.2. The van der Waals surface area contributed by atoms with Gasteiger partial charge in [0.1, 0.15) is 0 Å². The first-order valence-electron chi connectivity index (χ1n) is 9.42. The number of urea groups is 1. The van der Waals surface area contributed by atoms with Crippen molar-refractivity contribution in [2.45, 2.75) is 32.2 Å². The molecular formula is C21H27ClN4O2. The van der Waals surface area contributed by atoms with Gasteiger partial charge in [0, 0.05) is 36.6 Å². The molecule has 0 aromatic heterocycles. The number of rotatable bonds is 4. The minimum atomic E-state index is -0.181. The summed E-state index contributed by atoms with van der Waals surface area (Å²) >= 11 is 0. The average Bonchev–Trinajstić information content (AvgIpc) is 2.99. The predicted octanol–water partition coefficient (Wildman–Crippen LogP) is 4.23. The largest absolute Gasteiger partial charge is 0.326 e. The van der Waals surface area contributed by atoms with Gasteiger partial charge in [-0.3, -0.25) is 4.79 Å². The van der Waals surface area contributed by atoms with Gasteiger partial charge in [0.25, 0.3) is 5.91 Å². The Morgan fingerprint density at radius 3 is 1.89 bits per heavy atom. The van der Waals surface area contributed by atoms with Gasteiger partial charge in [-0.25, -0.2) is 4.79 Å². The van der Waals surface area contributed by atoms with E-state index < -0.39 is 0 Å². The van der Waals surface area contributed by atoms with Crippen molar-refractivity contribution in [1.82, 2.24) is 4.90 Å². The third-order valence-corrected chi connectivity index (χ3v) is 4.74. The fourth-order valence-electron chi connectivity index (χ4n) is 3.11. The van der Waals surface area contributed by atoms with E-state index in [0.29, 0.717) is 17.8 Å². The molecule has 1 heterocycles. The van der Waals surface area contributed by atoms with Crippen LogP contribution in [0.4, 0.5) is 16.2 Å². The third-order valence-electron chi connectivity index (χ3n) is 4.74. The van der Waals surface area contributed by atoms with E-state index in [-0.39, 0.29) is 24.3 Å². The second-order valence-corrected chi connectivity index (χ2v) is 6.76. The van der Waals surface area contributed by atoms with Gasteiger partial charge in [-0.2, -0.15) is 0 Å². The van der Waals surface area contributed by atoms with Crippen molar-refractivity contribution in [2.24, 2.45) is 5.73 Å². The summed E-state index contributed by atoms with van der Waals surface area (Å²) in [6.07, 6.45) is 4.50. The van der Waals surface area contributed by atoms with E-state index in [4.69, 9.17) is 5.73 Å². The molecule has 1 saturated heterocycles. The molecule has 1 aliphatic rings. The summed E-state index contributed by atoms with van der Waals surface area (Å²) in [6.45, 7) is 2.07. The number of hydrogen-bond donors (Lipinski definition) is 3. The van der Waals surface area contributed by atoms with Crippen molar-refractivity contribution in [3.05, 3.63) is 59.7 Å². The SMILES string of the molecule is Cl.NCc1ccc(C(=O)Nc2ccc(NC(=O)N3CCCCCC3)cc2)cc1. The Balaban J connectivity index is 0.00000280. The molecule has 150 valence electrons. The van der Waals surface area contributed by atoms with E-state index in [2.05, 4.69) is 10.6 Å². The molecule has 28 heavy (non-hydrogen) atoms. The molecule has 0 unspecified atom stereocenters. The molecule has 3 amide bonds. The van der Waals surface area contributed by atoms with Crippen molar-refractivity contribution in [3.63, 3.8) is 0 Å². The Labute approximate surface area is 171 Å². The normalized spacial score (nSPS) is 13.8. The van der Waals surface area contributed by atoms with Crippen LogP contribution in [0.2, 0.25) is 0 Å². The van der Waals surface area contributed by atoms with Crippen LogP contribution in [0.15, 0.2) is 48.5 Å². The lowest BCUT2D eigenvalue weighted by Crippen LogP contribution is -2.35. The fourth-order valence-corrected chi connectivity index (χ4v) is 3.11. The first kappa shape index (κ1) is 21.7. The van der Waals surface area contributed by atoms with Crippen LogP contribution in [0.3, 0.4) is 0 Å². The topological polar surface area (TPSA) is 87.5 Å². The number of anilines is 2. The lowest BCUT2D eigenvalue weighted by Gasteiger charge is -2.20. The van der Waals surface area contributed by atoms with Crippen molar-refractivity contribution >= 4 is 35.7 Å². The summed E-state index contributed by atoms with van der Waals surface area (Å²) < 4.78 is 0. The van der Waals surface area contributed by atoms with Gasteiger partial charge < -0.3 is 21.3 Å². The fraction of sp³-hybridized carbons (Fsp3) is 0.333. The average molecular weight is 403 g/mol. The molecule has 1 fully saturated rings. The number of hydrogen-bond acceptors (Lipinski definition) is 3. The zero-order valence-electron chi connectivity index (χ0n) is 15.8. The van der Waals surface area contributed by atoms with Crippen LogP contribution >= 0.6 is 12.4 Å². The lowest BCUT2D eigenvalue weighted by molar-refractivity contribution is 0.102. The Hall–Kier alpha value is -2.57. The zero-order chi connectivity index (χ0) is 19.1. The Morgan fingerprint density at radius 1 is 0.821 bits per heavy atom. The van der Waals surface area contributed by atoms with Crippen molar-refractivity contribution in [1.29, 1.82) is 0 Å². The standard InChI is InChI=1S/C21H26N4O2.ClH/c22-15-16-5-7-17(8-6-16)20(26)23-18-9-11-19(12-10-18)24-21(27)25-13-3-1-2-4-14-25;/h5-12H,1-4,13-15,22H2,(H,23,26)(H,24,27);1H. The van der Waals surface area contributed by atoms with Crippen LogP contribution in [0, 0.1) is 0 Å². The van der Waals surface area contributed by atoms with Gasteiger partial charge in [0.05, 0.1) is 0 Å². The summed E-state index contributed by atoms with van der Waals surface area (Å²) in [5.41, 5.74) is 8.52. The number of nitrogens with zero attached hydrogens (tertiary/aromatic N) is 1. The number of halogens is 1. The van der Waals surface area contributed by atoms with Gasteiger partial charge in [0.2, 0.25) is 0 Å². The van der Waals surface area contributed by atoms with E-state index in [1.165, 1.54) is 12.8 Å². The first-order valence-corrected chi connectivity index (χ1v) is 9.42. The molecule has 4 N–H and O–H groups in total. The molecule has 6 nitrogen and oxygen atoms in total. The number of nitrogens with one attached hydrogen (secondary N) is 2. The number of nitrogens with two attached hydrogens (primary N) is 1. The van der Waals surface area contributed by atoms with E-state index >= 15 is 0 Å². The van der Waals surface area contributed by atoms with Gasteiger partial charge in [-0.1, -0.05) is 25.0 Å². The Bertz CT molecular complexity index is 770. The second kappa shape index (κ2) is 10.7. The van der Waals surface area contributed by atoms with Gasteiger partial charge in [-0.15, -0.1) is 12.4 Å². The maximum Gasteiger partial charge on any atom is 0.321 e. The van der Waals surface area contributed by atoms with Gasteiger partial charge in [0.15, 0.2) is 0 Å². The molecule has 0 spiro atoms. The summed E-state index contributed by atoms with van der Waals surface area (Å²) in [4.78, 5) is 26.5. The lowest BCUT2D eigenvalue weighted by atomic mass is 10.1. The molecule has 7 heteroatoms. The summed E-state index contributed by atoms with van der Waals surface area (Å²) in [5, 5.41) is 5.78. The van der Waals surface area contributed by atoms with Crippen molar-refractivity contribution < 1.29 is 9.59 Å². The van der Waals surface area contributed by atoms with E-state index in [1.54, 1.807) is 36.4 Å². The van der Waals surface area contributed by atoms with E-state index in [9.17, 15) is 9.59 Å². The van der Waals surface area contributed by atoms with E-state index in [1.807, 2.05) is 17.0 Å². The van der Waals surface area contributed by atoms with Crippen LogP contribution < -0.4 is 16.4 Å². The van der Waals surface area contributed by atoms with Crippen LogP contribution in [0.5, 0.6) is 0 Å². The Kier molecular flexibility index (Phi) is 8.29. The van der Waals surface area contributed by atoms with Crippen molar-refractivity contribution in [3.8, 4) is 0 Å². The quantitative estimate of drug-likeness (QED) is 0.715. The highest BCUT2D eigenvalue weighted by molar-refractivity contribution is 6.04. The number of amides is 3. The number of likely N-dealkylation sites (tertiary alicyclic amines) is 1. The minimum Gasteiger partial charge on any atom is -0.326 e.